The van der Waals surface area contributed by atoms with Gasteiger partial charge in [-0.15, -0.1) is 0 Å². The van der Waals surface area contributed by atoms with Crippen LogP contribution in [0, 0.1) is 0 Å². The van der Waals surface area contributed by atoms with Gasteiger partial charge in [0.25, 0.3) is 5.91 Å². The maximum atomic E-state index is 12.0. The SMILES string of the molecule is O=C(NCc1ccc2c(c1)OCCO2)c1ccc(Cl)nc1. The summed E-state index contributed by atoms with van der Waals surface area (Å²) in [6.45, 7) is 1.50. The molecule has 1 aromatic carbocycles. The summed E-state index contributed by atoms with van der Waals surface area (Å²) in [6.07, 6.45) is 1.45. The number of fused-ring (bicyclic) bond motifs is 1. The van der Waals surface area contributed by atoms with Crippen LogP contribution in [0.2, 0.25) is 5.15 Å². The van der Waals surface area contributed by atoms with Crippen molar-refractivity contribution >= 4 is 17.5 Å². The van der Waals surface area contributed by atoms with Crippen LogP contribution < -0.4 is 14.8 Å². The molecule has 1 aliphatic heterocycles. The molecule has 0 bridgehead atoms. The maximum absolute atomic E-state index is 12.0. The standard InChI is InChI=1S/C15H13ClN2O3/c16-14-4-2-11(9-17-14)15(19)18-8-10-1-3-12-13(7-10)21-6-5-20-12/h1-4,7,9H,5-6,8H2,(H,18,19). The lowest BCUT2D eigenvalue weighted by atomic mass is 10.2. The van der Waals surface area contributed by atoms with Crippen molar-refractivity contribution in [3.05, 3.63) is 52.8 Å². The molecule has 0 radical (unpaired) electrons. The zero-order chi connectivity index (χ0) is 14.7. The molecular weight excluding hydrogens is 292 g/mol. The Hall–Kier alpha value is -2.27. The van der Waals surface area contributed by atoms with Gasteiger partial charge in [0.1, 0.15) is 18.4 Å². The Balaban J connectivity index is 1.64. The molecule has 108 valence electrons. The number of carbonyl (C=O) groups is 1. The van der Waals surface area contributed by atoms with Crippen LogP contribution in [0.3, 0.4) is 0 Å². The van der Waals surface area contributed by atoms with E-state index < -0.39 is 0 Å². The zero-order valence-electron chi connectivity index (χ0n) is 11.1. The first kappa shape index (κ1) is 13.7. The van der Waals surface area contributed by atoms with Gasteiger partial charge in [0.15, 0.2) is 11.5 Å². The quantitative estimate of drug-likeness (QED) is 0.885. The van der Waals surface area contributed by atoms with Crippen LogP contribution in [0.4, 0.5) is 0 Å². The average molecular weight is 305 g/mol. The van der Waals surface area contributed by atoms with Crippen LogP contribution in [0.5, 0.6) is 11.5 Å². The number of nitrogens with zero attached hydrogens (tertiary/aromatic N) is 1. The number of aromatic nitrogens is 1. The van der Waals surface area contributed by atoms with Crippen molar-refractivity contribution in [2.24, 2.45) is 0 Å². The molecule has 1 aromatic heterocycles. The number of carbonyl (C=O) groups excluding carboxylic acids is 1. The summed E-state index contributed by atoms with van der Waals surface area (Å²) in [5, 5.41) is 3.18. The van der Waals surface area contributed by atoms with Crippen LogP contribution in [0.15, 0.2) is 36.5 Å². The molecule has 21 heavy (non-hydrogen) atoms. The van der Waals surface area contributed by atoms with Gasteiger partial charge in [-0.1, -0.05) is 17.7 Å². The lowest BCUT2D eigenvalue weighted by Crippen LogP contribution is -2.23. The molecule has 2 aromatic rings. The fourth-order valence-electron chi connectivity index (χ4n) is 1.99. The third kappa shape index (κ3) is 3.25. The normalized spacial score (nSPS) is 12.8. The van der Waals surface area contributed by atoms with Crippen molar-refractivity contribution in [1.82, 2.24) is 10.3 Å². The van der Waals surface area contributed by atoms with E-state index in [2.05, 4.69) is 10.3 Å². The molecule has 1 amide bonds. The number of nitrogens with one attached hydrogen (secondary N) is 1. The van der Waals surface area contributed by atoms with E-state index in [0.29, 0.717) is 36.2 Å². The highest BCUT2D eigenvalue weighted by Crippen LogP contribution is 2.30. The van der Waals surface area contributed by atoms with Crippen LogP contribution in [-0.2, 0) is 6.54 Å². The molecule has 3 rings (SSSR count). The van der Waals surface area contributed by atoms with E-state index in [0.717, 1.165) is 11.3 Å². The van der Waals surface area contributed by atoms with Gasteiger partial charge >= 0.3 is 0 Å². The summed E-state index contributed by atoms with van der Waals surface area (Å²) in [6, 6.07) is 8.83. The van der Waals surface area contributed by atoms with E-state index in [1.54, 1.807) is 12.1 Å². The Labute approximate surface area is 126 Å². The Morgan fingerprint density at radius 2 is 2.00 bits per heavy atom. The second-order valence-corrected chi connectivity index (χ2v) is 4.92. The Kier molecular flexibility index (Phi) is 3.92. The topological polar surface area (TPSA) is 60.5 Å². The van der Waals surface area contributed by atoms with Gasteiger partial charge < -0.3 is 14.8 Å². The average Bonchev–Trinajstić information content (AvgIpc) is 2.53. The number of halogens is 1. The van der Waals surface area contributed by atoms with E-state index in [4.69, 9.17) is 21.1 Å². The largest absolute Gasteiger partial charge is 0.486 e. The minimum absolute atomic E-state index is 0.200. The fraction of sp³-hybridized carbons (Fsp3) is 0.200. The predicted octanol–water partition coefficient (Wildman–Crippen LogP) is 2.44. The third-order valence-electron chi connectivity index (χ3n) is 3.05. The predicted molar refractivity (Wildman–Crippen MR) is 77.8 cm³/mol. The Morgan fingerprint density at radius 1 is 1.19 bits per heavy atom. The molecular formula is C15H13ClN2O3. The molecule has 0 saturated carbocycles. The van der Waals surface area contributed by atoms with Crippen molar-refractivity contribution in [2.45, 2.75) is 6.54 Å². The number of amides is 1. The van der Waals surface area contributed by atoms with Gasteiger partial charge in [0.05, 0.1) is 5.56 Å². The van der Waals surface area contributed by atoms with Crippen molar-refractivity contribution < 1.29 is 14.3 Å². The first-order valence-corrected chi connectivity index (χ1v) is 6.88. The smallest absolute Gasteiger partial charge is 0.253 e. The molecule has 0 spiro atoms. The number of rotatable bonds is 3. The number of hydrogen-bond acceptors (Lipinski definition) is 4. The van der Waals surface area contributed by atoms with Crippen molar-refractivity contribution in [3.63, 3.8) is 0 Å². The first-order chi connectivity index (χ1) is 10.2. The fourth-order valence-corrected chi connectivity index (χ4v) is 2.10. The second kappa shape index (κ2) is 6.01. The summed E-state index contributed by atoms with van der Waals surface area (Å²) >= 11 is 5.69. The number of ether oxygens (including phenoxy) is 2. The third-order valence-corrected chi connectivity index (χ3v) is 3.27. The van der Waals surface area contributed by atoms with Crippen molar-refractivity contribution in [2.75, 3.05) is 13.2 Å². The molecule has 0 saturated heterocycles. The summed E-state index contributed by atoms with van der Waals surface area (Å²) in [4.78, 5) is 15.8. The monoisotopic (exact) mass is 304 g/mol. The van der Waals surface area contributed by atoms with Gasteiger partial charge in [-0.3, -0.25) is 4.79 Å². The summed E-state index contributed by atoms with van der Waals surface area (Å²) in [7, 11) is 0. The highest BCUT2D eigenvalue weighted by molar-refractivity contribution is 6.29. The lowest BCUT2D eigenvalue weighted by Gasteiger charge is -2.18. The van der Waals surface area contributed by atoms with Gasteiger partial charge in [-0.25, -0.2) is 4.98 Å². The van der Waals surface area contributed by atoms with E-state index in [-0.39, 0.29) is 5.91 Å². The molecule has 0 fully saturated rings. The Morgan fingerprint density at radius 3 is 2.76 bits per heavy atom. The van der Waals surface area contributed by atoms with Gasteiger partial charge in [0, 0.05) is 12.7 Å². The molecule has 1 aliphatic rings. The Bertz CT molecular complexity index is 658. The number of pyridine rings is 1. The number of benzene rings is 1. The molecule has 5 nitrogen and oxygen atoms in total. The van der Waals surface area contributed by atoms with E-state index >= 15 is 0 Å². The van der Waals surface area contributed by atoms with E-state index in [1.807, 2.05) is 18.2 Å². The molecule has 0 atom stereocenters. The van der Waals surface area contributed by atoms with Gasteiger partial charge in [-0.05, 0) is 29.8 Å². The minimum Gasteiger partial charge on any atom is -0.486 e. The van der Waals surface area contributed by atoms with Gasteiger partial charge in [0.2, 0.25) is 0 Å². The summed E-state index contributed by atoms with van der Waals surface area (Å²) in [5.41, 5.74) is 1.41. The van der Waals surface area contributed by atoms with E-state index in [1.165, 1.54) is 6.20 Å². The zero-order valence-corrected chi connectivity index (χ0v) is 11.9. The lowest BCUT2D eigenvalue weighted by molar-refractivity contribution is 0.0950. The maximum Gasteiger partial charge on any atom is 0.253 e. The van der Waals surface area contributed by atoms with Gasteiger partial charge in [-0.2, -0.15) is 0 Å². The highest BCUT2D eigenvalue weighted by Gasteiger charge is 2.12. The number of hydrogen-bond donors (Lipinski definition) is 1. The molecule has 2 heterocycles. The van der Waals surface area contributed by atoms with Crippen molar-refractivity contribution in [1.29, 1.82) is 0 Å². The highest BCUT2D eigenvalue weighted by atomic mass is 35.5. The van der Waals surface area contributed by atoms with Crippen LogP contribution in [-0.4, -0.2) is 24.1 Å². The molecule has 0 aliphatic carbocycles. The molecule has 1 N–H and O–H groups in total. The van der Waals surface area contributed by atoms with Crippen LogP contribution >= 0.6 is 11.6 Å². The van der Waals surface area contributed by atoms with E-state index in [9.17, 15) is 4.79 Å². The van der Waals surface area contributed by atoms with Crippen molar-refractivity contribution in [3.8, 4) is 11.5 Å². The molecule has 6 heteroatoms. The summed E-state index contributed by atoms with van der Waals surface area (Å²) in [5.74, 6) is 1.24. The minimum atomic E-state index is -0.200. The first-order valence-electron chi connectivity index (χ1n) is 6.51. The molecule has 0 unspecified atom stereocenters. The van der Waals surface area contributed by atoms with Crippen LogP contribution in [0.1, 0.15) is 15.9 Å². The summed E-state index contributed by atoms with van der Waals surface area (Å²) < 4.78 is 11.0. The second-order valence-electron chi connectivity index (χ2n) is 4.53. The van der Waals surface area contributed by atoms with Crippen LogP contribution in [0.25, 0.3) is 0 Å².